The van der Waals surface area contributed by atoms with Gasteiger partial charge in [0, 0.05) is 17.7 Å². The summed E-state index contributed by atoms with van der Waals surface area (Å²) in [5, 5.41) is 4.70. The standard InChI is InChI=1S/C24H26NS/c1-5-17-24(2)22(14-8-6-7-11-18-26-4)25(3)21-16-15-19-12-9-10-13-20(19)23(21)24/h5-16,18H,1,17H2,2-4H3/q+1/b7-6+,14-8+,18-11+. The lowest BCUT2D eigenvalue weighted by atomic mass is 9.74. The summed E-state index contributed by atoms with van der Waals surface area (Å²) >= 11 is 1.70. The first-order valence-electron chi connectivity index (χ1n) is 8.90. The maximum atomic E-state index is 4.03. The molecule has 0 amide bonds. The van der Waals surface area contributed by atoms with Gasteiger partial charge in [0.2, 0.25) is 5.69 Å². The molecule has 3 rings (SSSR count). The molecule has 26 heavy (non-hydrogen) atoms. The number of fused-ring (bicyclic) bond motifs is 3. The second-order valence-electron chi connectivity index (χ2n) is 6.76. The average Bonchev–Trinajstić information content (AvgIpc) is 2.86. The minimum atomic E-state index is -0.0772. The Hall–Kier alpha value is -2.32. The highest BCUT2D eigenvalue weighted by Crippen LogP contribution is 2.45. The van der Waals surface area contributed by atoms with Gasteiger partial charge in [-0.25, -0.2) is 0 Å². The summed E-state index contributed by atoms with van der Waals surface area (Å²) in [6, 6.07) is 13.1. The van der Waals surface area contributed by atoms with Crippen LogP contribution in [0, 0.1) is 0 Å². The van der Waals surface area contributed by atoms with Gasteiger partial charge in [0.1, 0.15) is 7.05 Å². The Bertz CT molecular complexity index is 946. The van der Waals surface area contributed by atoms with Crippen molar-refractivity contribution in [2.45, 2.75) is 18.8 Å². The van der Waals surface area contributed by atoms with Gasteiger partial charge in [-0.2, -0.15) is 4.58 Å². The number of hydrogen-bond donors (Lipinski definition) is 0. The van der Waals surface area contributed by atoms with Crippen molar-refractivity contribution < 1.29 is 4.58 Å². The van der Waals surface area contributed by atoms with Crippen LogP contribution in [0.4, 0.5) is 5.69 Å². The highest BCUT2D eigenvalue weighted by molar-refractivity contribution is 8.01. The van der Waals surface area contributed by atoms with Crippen LogP contribution in [0.25, 0.3) is 10.8 Å². The van der Waals surface area contributed by atoms with E-state index < -0.39 is 0 Å². The van der Waals surface area contributed by atoms with Crippen molar-refractivity contribution in [3.05, 3.63) is 90.4 Å². The minimum absolute atomic E-state index is 0.0772. The highest BCUT2D eigenvalue weighted by atomic mass is 32.2. The molecule has 2 aromatic carbocycles. The molecule has 1 unspecified atom stereocenters. The summed E-state index contributed by atoms with van der Waals surface area (Å²) in [4.78, 5) is 0. The first-order chi connectivity index (χ1) is 12.6. The lowest BCUT2D eigenvalue weighted by Crippen LogP contribution is -2.30. The monoisotopic (exact) mass is 360 g/mol. The summed E-state index contributed by atoms with van der Waals surface area (Å²) in [5.74, 6) is 0. The highest BCUT2D eigenvalue weighted by Gasteiger charge is 2.46. The summed E-state index contributed by atoms with van der Waals surface area (Å²) in [6.45, 7) is 6.36. The SMILES string of the molecule is C=CCC1(C)C(/C=C/C=C/C=C/SC)=[N+](C)c2ccc3ccccc3c21. The molecular weight excluding hydrogens is 334 g/mol. The number of allylic oxidation sites excluding steroid dienone is 6. The van der Waals surface area contributed by atoms with Gasteiger partial charge in [-0.1, -0.05) is 54.6 Å². The van der Waals surface area contributed by atoms with Crippen LogP contribution in [0.1, 0.15) is 18.9 Å². The molecule has 2 heteroatoms. The van der Waals surface area contributed by atoms with E-state index in [1.54, 1.807) is 11.8 Å². The van der Waals surface area contributed by atoms with E-state index in [0.29, 0.717) is 0 Å². The van der Waals surface area contributed by atoms with Gasteiger partial charge in [0.15, 0.2) is 5.71 Å². The minimum Gasteiger partial charge on any atom is -0.198 e. The Kier molecular flexibility index (Phi) is 5.63. The average molecular weight is 361 g/mol. The van der Waals surface area contributed by atoms with Crippen molar-refractivity contribution in [2.75, 3.05) is 13.3 Å². The summed E-state index contributed by atoms with van der Waals surface area (Å²) in [5.41, 5.74) is 3.93. The van der Waals surface area contributed by atoms with Crippen LogP contribution in [0.2, 0.25) is 0 Å². The number of thioether (sulfide) groups is 1. The van der Waals surface area contributed by atoms with E-state index in [2.05, 4.69) is 104 Å². The Morgan fingerprint density at radius 1 is 1.08 bits per heavy atom. The third-order valence-corrected chi connectivity index (χ3v) is 5.53. The quantitative estimate of drug-likeness (QED) is 0.328. The summed E-state index contributed by atoms with van der Waals surface area (Å²) < 4.78 is 2.33. The largest absolute Gasteiger partial charge is 0.210 e. The number of benzene rings is 2. The first kappa shape index (κ1) is 18.5. The molecule has 1 aliphatic rings. The van der Waals surface area contributed by atoms with Crippen molar-refractivity contribution in [3.63, 3.8) is 0 Å². The zero-order valence-corrected chi connectivity index (χ0v) is 16.6. The van der Waals surface area contributed by atoms with E-state index in [-0.39, 0.29) is 5.41 Å². The molecule has 0 fully saturated rings. The molecule has 1 nitrogen and oxygen atoms in total. The Morgan fingerprint density at radius 3 is 2.62 bits per heavy atom. The third-order valence-electron chi connectivity index (χ3n) is 5.10. The van der Waals surface area contributed by atoms with E-state index in [1.165, 1.54) is 27.7 Å². The Morgan fingerprint density at radius 2 is 1.85 bits per heavy atom. The summed E-state index contributed by atoms with van der Waals surface area (Å²) in [6.07, 6.45) is 15.6. The number of rotatable bonds is 6. The molecule has 0 saturated heterocycles. The van der Waals surface area contributed by atoms with Gasteiger partial charge in [0.25, 0.3) is 0 Å². The van der Waals surface area contributed by atoms with Crippen LogP contribution < -0.4 is 0 Å². The van der Waals surface area contributed by atoms with Crippen molar-refractivity contribution in [1.29, 1.82) is 0 Å². The molecule has 132 valence electrons. The first-order valence-corrected chi connectivity index (χ1v) is 10.2. The van der Waals surface area contributed by atoms with Gasteiger partial charge in [-0.15, -0.1) is 18.3 Å². The van der Waals surface area contributed by atoms with E-state index in [0.717, 1.165) is 6.42 Å². The molecule has 0 N–H and O–H groups in total. The topological polar surface area (TPSA) is 3.01 Å². The molecule has 0 bridgehead atoms. The second kappa shape index (κ2) is 7.92. The van der Waals surface area contributed by atoms with Crippen LogP contribution in [0.3, 0.4) is 0 Å². The Labute approximate surface area is 161 Å². The van der Waals surface area contributed by atoms with Crippen LogP contribution in [0.15, 0.2) is 84.8 Å². The second-order valence-corrected chi connectivity index (χ2v) is 7.50. The number of nitrogens with zero attached hydrogens (tertiary/aromatic N) is 1. The van der Waals surface area contributed by atoms with Crippen LogP contribution in [-0.2, 0) is 5.41 Å². The smallest absolute Gasteiger partial charge is 0.198 e. The lowest BCUT2D eigenvalue weighted by Gasteiger charge is -2.22. The van der Waals surface area contributed by atoms with Crippen LogP contribution in [-0.4, -0.2) is 23.6 Å². The predicted octanol–water partition coefficient (Wildman–Crippen LogP) is 6.39. The molecule has 1 aliphatic heterocycles. The number of hydrogen-bond acceptors (Lipinski definition) is 1. The fourth-order valence-electron chi connectivity index (χ4n) is 3.94. The summed E-state index contributed by atoms with van der Waals surface area (Å²) in [7, 11) is 2.17. The molecule has 0 saturated carbocycles. The molecule has 2 aromatic rings. The Balaban J connectivity index is 2.10. The van der Waals surface area contributed by atoms with Gasteiger partial charge in [-0.05, 0) is 41.8 Å². The van der Waals surface area contributed by atoms with E-state index in [9.17, 15) is 0 Å². The normalized spacial score (nSPS) is 20.1. The fourth-order valence-corrected chi connectivity index (χ4v) is 4.19. The van der Waals surface area contributed by atoms with Gasteiger partial charge < -0.3 is 0 Å². The fraction of sp³-hybridized carbons (Fsp3) is 0.208. The predicted molar refractivity (Wildman–Crippen MR) is 118 cm³/mol. The van der Waals surface area contributed by atoms with E-state index >= 15 is 0 Å². The van der Waals surface area contributed by atoms with E-state index in [1.807, 2.05) is 6.08 Å². The van der Waals surface area contributed by atoms with Crippen molar-refractivity contribution in [2.24, 2.45) is 0 Å². The van der Waals surface area contributed by atoms with Gasteiger partial charge in [-0.3, -0.25) is 0 Å². The molecule has 0 radical (unpaired) electrons. The molecule has 0 aliphatic carbocycles. The van der Waals surface area contributed by atoms with Gasteiger partial charge in [0.05, 0.1) is 5.41 Å². The molecule has 1 atom stereocenters. The zero-order valence-electron chi connectivity index (χ0n) is 15.8. The molecule has 0 aromatic heterocycles. The third kappa shape index (κ3) is 3.22. The van der Waals surface area contributed by atoms with Crippen molar-refractivity contribution in [3.8, 4) is 0 Å². The zero-order chi connectivity index (χ0) is 18.6. The van der Waals surface area contributed by atoms with Crippen molar-refractivity contribution in [1.82, 2.24) is 0 Å². The molecule has 1 heterocycles. The maximum Gasteiger partial charge on any atom is 0.210 e. The van der Waals surface area contributed by atoms with Crippen LogP contribution in [0.5, 0.6) is 0 Å². The van der Waals surface area contributed by atoms with Crippen molar-refractivity contribution >= 4 is 33.9 Å². The van der Waals surface area contributed by atoms with E-state index in [4.69, 9.17) is 0 Å². The maximum absolute atomic E-state index is 4.03. The van der Waals surface area contributed by atoms with Crippen LogP contribution >= 0.6 is 11.8 Å². The lowest BCUT2D eigenvalue weighted by molar-refractivity contribution is -0.401. The molecular formula is C24H26NS+. The van der Waals surface area contributed by atoms with Gasteiger partial charge >= 0.3 is 0 Å². The molecule has 0 spiro atoms.